The largest absolute Gasteiger partial charge is 0.497 e. The predicted molar refractivity (Wildman–Crippen MR) is 112 cm³/mol. The van der Waals surface area contributed by atoms with E-state index in [1.54, 1.807) is 7.11 Å². The molecule has 1 heterocycles. The highest BCUT2D eigenvalue weighted by molar-refractivity contribution is 5.93. The Labute approximate surface area is 170 Å². The van der Waals surface area contributed by atoms with Gasteiger partial charge in [-0.1, -0.05) is 36.4 Å². The first-order valence-electron chi connectivity index (χ1n) is 9.60. The molecular weight excluding hydrogens is 366 g/mol. The van der Waals surface area contributed by atoms with Crippen LogP contribution in [0.1, 0.15) is 17.5 Å². The summed E-state index contributed by atoms with van der Waals surface area (Å²) in [7, 11) is 1.65. The smallest absolute Gasteiger partial charge is 0.231 e. The fourth-order valence-corrected chi connectivity index (χ4v) is 3.37. The molecule has 1 aliphatic heterocycles. The number of hydrogen-bond acceptors (Lipinski definition) is 4. The number of fused-ring (bicyclic) bond motifs is 1. The summed E-state index contributed by atoms with van der Waals surface area (Å²) in [6.07, 6.45) is 1.06. The highest BCUT2D eigenvalue weighted by Crippen LogP contribution is 2.33. The van der Waals surface area contributed by atoms with Gasteiger partial charge < -0.3 is 19.1 Å². The third-order valence-corrected chi connectivity index (χ3v) is 4.91. The van der Waals surface area contributed by atoms with E-state index >= 15 is 0 Å². The van der Waals surface area contributed by atoms with Gasteiger partial charge in [0.2, 0.25) is 12.7 Å². The number of methoxy groups -OCH3 is 1. The molecule has 1 amide bonds. The molecule has 0 aliphatic carbocycles. The molecule has 0 radical (unpaired) electrons. The van der Waals surface area contributed by atoms with Crippen LogP contribution in [0.5, 0.6) is 17.2 Å². The normalized spacial score (nSPS) is 11.9. The Balaban J connectivity index is 1.51. The predicted octanol–water partition coefficient (Wildman–Crippen LogP) is 4.59. The van der Waals surface area contributed by atoms with Gasteiger partial charge in [-0.15, -0.1) is 0 Å². The van der Waals surface area contributed by atoms with Crippen LogP contribution in [-0.4, -0.2) is 19.8 Å². The molecule has 5 heteroatoms. The quantitative estimate of drug-likeness (QED) is 0.593. The molecule has 4 rings (SSSR count). The summed E-state index contributed by atoms with van der Waals surface area (Å²) in [4.78, 5) is 15.0. The molecule has 0 saturated heterocycles. The Bertz CT molecular complexity index is 987. The van der Waals surface area contributed by atoms with Gasteiger partial charge in [0.25, 0.3) is 0 Å². The Morgan fingerprint density at radius 2 is 1.76 bits per heavy atom. The molecule has 1 aliphatic rings. The molecule has 29 heavy (non-hydrogen) atoms. The van der Waals surface area contributed by atoms with E-state index < -0.39 is 0 Å². The molecule has 0 unspecified atom stereocenters. The first-order valence-corrected chi connectivity index (χ1v) is 9.60. The molecular formula is C24H23NO4. The van der Waals surface area contributed by atoms with Crippen molar-refractivity contribution in [3.05, 3.63) is 83.9 Å². The van der Waals surface area contributed by atoms with E-state index in [1.807, 2.05) is 77.7 Å². The molecule has 5 nitrogen and oxygen atoms in total. The molecule has 0 atom stereocenters. The standard InChI is InChI=1S/C24H23NO4/c1-27-21-9-5-6-18(14-21)11-13-24(26)25(20-7-3-2-4-8-20)16-19-10-12-22-23(15-19)29-17-28-22/h2-10,12,14-15H,11,13,16-17H2,1H3. The number of ether oxygens (including phenoxy) is 3. The van der Waals surface area contributed by atoms with Gasteiger partial charge in [0, 0.05) is 12.1 Å². The highest BCUT2D eigenvalue weighted by Gasteiger charge is 2.19. The van der Waals surface area contributed by atoms with Crippen molar-refractivity contribution in [3.63, 3.8) is 0 Å². The summed E-state index contributed by atoms with van der Waals surface area (Å²) >= 11 is 0. The van der Waals surface area contributed by atoms with Crippen molar-refractivity contribution in [2.75, 3.05) is 18.8 Å². The van der Waals surface area contributed by atoms with Crippen molar-refractivity contribution in [2.45, 2.75) is 19.4 Å². The maximum absolute atomic E-state index is 13.1. The second kappa shape index (κ2) is 8.69. The molecule has 148 valence electrons. The van der Waals surface area contributed by atoms with Crippen molar-refractivity contribution in [3.8, 4) is 17.2 Å². The molecule has 0 bridgehead atoms. The van der Waals surface area contributed by atoms with Crippen molar-refractivity contribution in [2.24, 2.45) is 0 Å². The summed E-state index contributed by atoms with van der Waals surface area (Å²) in [6.45, 7) is 0.707. The van der Waals surface area contributed by atoms with E-state index in [2.05, 4.69) is 0 Å². The number of hydrogen-bond donors (Lipinski definition) is 0. The first kappa shape index (κ1) is 18.9. The third-order valence-electron chi connectivity index (χ3n) is 4.91. The van der Waals surface area contributed by atoms with Crippen molar-refractivity contribution >= 4 is 11.6 Å². The van der Waals surface area contributed by atoms with E-state index in [0.29, 0.717) is 19.4 Å². The summed E-state index contributed by atoms with van der Waals surface area (Å²) in [6, 6.07) is 23.4. The van der Waals surface area contributed by atoms with Crippen LogP contribution < -0.4 is 19.1 Å². The minimum absolute atomic E-state index is 0.0664. The van der Waals surface area contributed by atoms with Gasteiger partial charge in [0.1, 0.15) is 5.75 Å². The zero-order chi connectivity index (χ0) is 20.1. The number of amides is 1. The lowest BCUT2D eigenvalue weighted by Crippen LogP contribution is -2.30. The van der Waals surface area contributed by atoms with Crippen molar-refractivity contribution in [1.29, 1.82) is 0 Å². The lowest BCUT2D eigenvalue weighted by Gasteiger charge is -2.23. The van der Waals surface area contributed by atoms with Crippen molar-refractivity contribution in [1.82, 2.24) is 0 Å². The van der Waals surface area contributed by atoms with Crippen LogP contribution in [0.3, 0.4) is 0 Å². The number of nitrogens with zero attached hydrogens (tertiary/aromatic N) is 1. The van der Waals surface area contributed by atoms with Crippen LogP contribution in [0.25, 0.3) is 0 Å². The lowest BCUT2D eigenvalue weighted by molar-refractivity contribution is -0.118. The van der Waals surface area contributed by atoms with E-state index in [0.717, 1.165) is 34.1 Å². The van der Waals surface area contributed by atoms with Crippen LogP contribution in [0.4, 0.5) is 5.69 Å². The molecule has 3 aromatic rings. The van der Waals surface area contributed by atoms with Crippen LogP contribution in [0.15, 0.2) is 72.8 Å². The number of benzene rings is 3. The summed E-state index contributed by atoms with van der Waals surface area (Å²) in [5.41, 5.74) is 2.95. The molecule has 0 fully saturated rings. The van der Waals surface area contributed by atoms with Gasteiger partial charge in [-0.2, -0.15) is 0 Å². The maximum Gasteiger partial charge on any atom is 0.231 e. The Morgan fingerprint density at radius 3 is 2.59 bits per heavy atom. The fraction of sp³-hybridized carbons (Fsp3) is 0.208. The second-order valence-corrected chi connectivity index (χ2v) is 6.85. The monoisotopic (exact) mass is 389 g/mol. The topological polar surface area (TPSA) is 48.0 Å². The van der Waals surface area contributed by atoms with E-state index in [1.165, 1.54) is 0 Å². The van der Waals surface area contributed by atoms with Gasteiger partial charge in [-0.25, -0.2) is 0 Å². The second-order valence-electron chi connectivity index (χ2n) is 6.85. The van der Waals surface area contributed by atoms with Gasteiger partial charge in [-0.3, -0.25) is 4.79 Å². The van der Waals surface area contributed by atoms with Gasteiger partial charge >= 0.3 is 0 Å². The van der Waals surface area contributed by atoms with Crippen LogP contribution >= 0.6 is 0 Å². The van der Waals surface area contributed by atoms with Crippen LogP contribution in [0.2, 0.25) is 0 Å². The third kappa shape index (κ3) is 4.51. The van der Waals surface area contributed by atoms with E-state index in [-0.39, 0.29) is 12.7 Å². The number of aryl methyl sites for hydroxylation is 1. The number of carbonyl (C=O) groups is 1. The summed E-state index contributed by atoms with van der Waals surface area (Å²) in [5, 5.41) is 0. The molecule has 0 spiro atoms. The Hall–Kier alpha value is -3.47. The first-order chi connectivity index (χ1) is 14.2. The number of anilines is 1. The van der Waals surface area contributed by atoms with Gasteiger partial charge in [0.05, 0.1) is 13.7 Å². The van der Waals surface area contributed by atoms with Crippen LogP contribution in [-0.2, 0) is 17.8 Å². The zero-order valence-corrected chi connectivity index (χ0v) is 16.3. The average Bonchev–Trinajstić information content (AvgIpc) is 3.24. The molecule has 0 N–H and O–H groups in total. The SMILES string of the molecule is COc1cccc(CCC(=O)N(Cc2ccc3c(c2)OCO3)c2ccccc2)c1. The molecule has 3 aromatic carbocycles. The number of para-hydroxylation sites is 1. The van der Waals surface area contributed by atoms with E-state index in [4.69, 9.17) is 14.2 Å². The van der Waals surface area contributed by atoms with Gasteiger partial charge in [-0.05, 0) is 53.9 Å². The van der Waals surface area contributed by atoms with Crippen molar-refractivity contribution < 1.29 is 19.0 Å². The molecule has 0 saturated carbocycles. The highest BCUT2D eigenvalue weighted by atomic mass is 16.7. The fourth-order valence-electron chi connectivity index (χ4n) is 3.37. The van der Waals surface area contributed by atoms with Crippen LogP contribution in [0, 0.1) is 0 Å². The number of carbonyl (C=O) groups excluding carboxylic acids is 1. The summed E-state index contributed by atoms with van der Waals surface area (Å²) < 4.78 is 16.1. The lowest BCUT2D eigenvalue weighted by atomic mass is 10.1. The van der Waals surface area contributed by atoms with E-state index in [9.17, 15) is 4.79 Å². The minimum atomic E-state index is 0.0664. The zero-order valence-electron chi connectivity index (χ0n) is 16.3. The van der Waals surface area contributed by atoms with Gasteiger partial charge in [0.15, 0.2) is 11.5 Å². The maximum atomic E-state index is 13.1. The summed E-state index contributed by atoms with van der Waals surface area (Å²) in [5.74, 6) is 2.33. The molecule has 0 aromatic heterocycles. The Kier molecular flexibility index (Phi) is 5.66. The Morgan fingerprint density at radius 1 is 0.931 bits per heavy atom. The minimum Gasteiger partial charge on any atom is -0.497 e. The number of rotatable bonds is 7. The average molecular weight is 389 g/mol.